The zero-order chi connectivity index (χ0) is 10.8. The Bertz CT molecular complexity index is 347. The third-order valence-corrected chi connectivity index (χ3v) is 2.89. The lowest BCUT2D eigenvalue weighted by Crippen LogP contribution is -2.02. The van der Waals surface area contributed by atoms with Gasteiger partial charge in [-0.15, -0.1) is 0 Å². The Morgan fingerprint density at radius 3 is 2.73 bits per heavy atom. The number of hydrogen-bond acceptors (Lipinski definition) is 1. The van der Waals surface area contributed by atoms with Gasteiger partial charge in [0.05, 0.1) is 6.10 Å². The van der Waals surface area contributed by atoms with Gasteiger partial charge in [-0.1, -0.05) is 25.0 Å². The molecule has 1 N–H and O–H groups in total. The van der Waals surface area contributed by atoms with Crippen LogP contribution in [0.2, 0.25) is 0 Å². The molecule has 1 atom stereocenters. The molecule has 0 spiro atoms. The van der Waals surface area contributed by atoms with Crippen LogP contribution < -0.4 is 0 Å². The first-order chi connectivity index (χ1) is 7.18. The van der Waals surface area contributed by atoms with Crippen LogP contribution >= 0.6 is 0 Å². The minimum Gasteiger partial charge on any atom is -0.388 e. The number of aliphatic hydroxyl groups is 1. The Morgan fingerprint density at radius 2 is 2.07 bits per heavy atom. The number of benzene rings is 1. The summed E-state index contributed by atoms with van der Waals surface area (Å²) < 4.78 is 26.1. The van der Waals surface area contributed by atoms with Crippen molar-refractivity contribution in [1.82, 2.24) is 0 Å². The van der Waals surface area contributed by atoms with Gasteiger partial charge in [0.15, 0.2) is 11.6 Å². The first-order valence-corrected chi connectivity index (χ1v) is 5.30. The summed E-state index contributed by atoms with van der Waals surface area (Å²) in [6.45, 7) is 0. The lowest BCUT2D eigenvalue weighted by atomic mass is 10.0. The molecular weight excluding hydrogens is 198 g/mol. The molecule has 1 unspecified atom stereocenters. The van der Waals surface area contributed by atoms with Crippen LogP contribution in [-0.4, -0.2) is 5.11 Å². The second kappa shape index (κ2) is 4.27. The Hall–Kier alpha value is -0.960. The van der Waals surface area contributed by atoms with Crippen molar-refractivity contribution in [1.29, 1.82) is 0 Å². The van der Waals surface area contributed by atoms with E-state index in [0.29, 0.717) is 12.3 Å². The third kappa shape index (κ3) is 2.53. The van der Waals surface area contributed by atoms with E-state index in [4.69, 9.17) is 0 Å². The first-order valence-electron chi connectivity index (χ1n) is 5.30. The van der Waals surface area contributed by atoms with E-state index >= 15 is 0 Å². The monoisotopic (exact) mass is 212 g/mol. The minimum absolute atomic E-state index is 0.0793. The van der Waals surface area contributed by atoms with Crippen molar-refractivity contribution >= 4 is 0 Å². The fraction of sp³-hybridized carbons (Fsp3) is 0.500. The van der Waals surface area contributed by atoms with Crippen LogP contribution in [0.25, 0.3) is 0 Å². The molecule has 1 aliphatic carbocycles. The van der Waals surface area contributed by atoms with Gasteiger partial charge < -0.3 is 5.11 Å². The quantitative estimate of drug-likeness (QED) is 0.812. The molecule has 0 radical (unpaired) electrons. The second-order valence-electron chi connectivity index (χ2n) is 4.18. The predicted octanol–water partition coefficient (Wildman–Crippen LogP) is 3.19. The maximum Gasteiger partial charge on any atom is 0.164 e. The molecule has 0 aliphatic heterocycles. The first kappa shape index (κ1) is 10.6. The van der Waals surface area contributed by atoms with Crippen LogP contribution in [0.3, 0.4) is 0 Å². The molecule has 1 aliphatic rings. The molecule has 0 amide bonds. The fourth-order valence-corrected chi connectivity index (χ4v) is 1.73. The van der Waals surface area contributed by atoms with Crippen LogP contribution in [0.15, 0.2) is 18.2 Å². The van der Waals surface area contributed by atoms with E-state index in [1.807, 2.05) is 0 Å². The number of aliphatic hydroxyl groups excluding tert-OH is 1. The standard InChI is InChI=1S/C12H14F2O/c13-10-3-1-2-9(12(10)14)11(15)7-6-8-4-5-8/h1-3,8,11,15H,4-7H2. The van der Waals surface area contributed by atoms with Crippen molar-refractivity contribution in [2.45, 2.75) is 31.8 Å². The molecule has 1 aromatic carbocycles. The average Bonchev–Trinajstić information content (AvgIpc) is 3.02. The van der Waals surface area contributed by atoms with Crippen LogP contribution in [0.4, 0.5) is 8.78 Å². The smallest absolute Gasteiger partial charge is 0.164 e. The fourth-order valence-electron chi connectivity index (χ4n) is 1.73. The van der Waals surface area contributed by atoms with Gasteiger partial charge in [-0.3, -0.25) is 0 Å². The third-order valence-electron chi connectivity index (χ3n) is 2.89. The SMILES string of the molecule is OC(CCC1CC1)c1cccc(F)c1F. The van der Waals surface area contributed by atoms with Gasteiger partial charge in [0.1, 0.15) is 0 Å². The summed E-state index contributed by atoms with van der Waals surface area (Å²) in [4.78, 5) is 0. The van der Waals surface area contributed by atoms with E-state index < -0.39 is 17.7 Å². The van der Waals surface area contributed by atoms with Crippen LogP contribution in [-0.2, 0) is 0 Å². The van der Waals surface area contributed by atoms with Gasteiger partial charge in [-0.2, -0.15) is 0 Å². The van der Waals surface area contributed by atoms with E-state index in [0.717, 1.165) is 12.5 Å². The highest BCUT2D eigenvalue weighted by atomic mass is 19.2. The van der Waals surface area contributed by atoms with Crippen molar-refractivity contribution in [3.05, 3.63) is 35.4 Å². The number of hydrogen-bond donors (Lipinski definition) is 1. The molecule has 0 aromatic heterocycles. The van der Waals surface area contributed by atoms with Crippen molar-refractivity contribution in [3.8, 4) is 0 Å². The van der Waals surface area contributed by atoms with Gasteiger partial charge in [0.2, 0.25) is 0 Å². The molecule has 82 valence electrons. The molecule has 1 fully saturated rings. The summed E-state index contributed by atoms with van der Waals surface area (Å²) in [5.74, 6) is -1.12. The van der Waals surface area contributed by atoms with E-state index in [9.17, 15) is 13.9 Å². The molecule has 1 nitrogen and oxygen atoms in total. The zero-order valence-corrected chi connectivity index (χ0v) is 8.42. The summed E-state index contributed by atoms with van der Waals surface area (Å²) in [5, 5.41) is 9.70. The van der Waals surface area contributed by atoms with E-state index in [1.54, 1.807) is 0 Å². The van der Waals surface area contributed by atoms with Gasteiger partial charge in [0, 0.05) is 5.56 Å². The lowest BCUT2D eigenvalue weighted by Gasteiger charge is -2.11. The van der Waals surface area contributed by atoms with Gasteiger partial charge in [-0.05, 0) is 24.8 Å². The molecule has 0 bridgehead atoms. The van der Waals surface area contributed by atoms with Crippen LogP contribution in [0.1, 0.15) is 37.4 Å². The maximum absolute atomic E-state index is 13.3. The van der Waals surface area contributed by atoms with Gasteiger partial charge in [-0.25, -0.2) is 8.78 Å². The van der Waals surface area contributed by atoms with E-state index in [1.165, 1.54) is 25.0 Å². The molecule has 0 saturated heterocycles. The molecule has 3 heteroatoms. The Labute approximate surface area is 87.7 Å². The lowest BCUT2D eigenvalue weighted by molar-refractivity contribution is 0.156. The van der Waals surface area contributed by atoms with Crippen molar-refractivity contribution in [3.63, 3.8) is 0 Å². The number of halogens is 2. The zero-order valence-electron chi connectivity index (χ0n) is 8.42. The molecular formula is C12H14F2O. The highest BCUT2D eigenvalue weighted by molar-refractivity contribution is 5.21. The summed E-state index contributed by atoms with van der Waals surface area (Å²) in [6.07, 6.45) is 2.96. The summed E-state index contributed by atoms with van der Waals surface area (Å²) in [6, 6.07) is 3.93. The molecule has 15 heavy (non-hydrogen) atoms. The molecule has 0 heterocycles. The number of rotatable bonds is 4. The summed E-state index contributed by atoms with van der Waals surface area (Å²) >= 11 is 0. The normalized spacial score (nSPS) is 17.8. The minimum atomic E-state index is -0.916. The van der Waals surface area contributed by atoms with Crippen LogP contribution in [0.5, 0.6) is 0 Å². The average molecular weight is 212 g/mol. The van der Waals surface area contributed by atoms with Gasteiger partial charge in [0.25, 0.3) is 0 Å². The van der Waals surface area contributed by atoms with Gasteiger partial charge >= 0.3 is 0 Å². The van der Waals surface area contributed by atoms with E-state index in [-0.39, 0.29) is 5.56 Å². The van der Waals surface area contributed by atoms with E-state index in [2.05, 4.69) is 0 Å². The van der Waals surface area contributed by atoms with Crippen LogP contribution in [0, 0.1) is 17.6 Å². The predicted molar refractivity (Wildman–Crippen MR) is 53.3 cm³/mol. The Kier molecular flexibility index (Phi) is 3.00. The highest BCUT2D eigenvalue weighted by Crippen LogP contribution is 2.36. The van der Waals surface area contributed by atoms with Crippen molar-refractivity contribution in [2.75, 3.05) is 0 Å². The topological polar surface area (TPSA) is 20.2 Å². The molecule has 2 rings (SSSR count). The Morgan fingerprint density at radius 1 is 1.33 bits per heavy atom. The maximum atomic E-state index is 13.3. The molecule has 1 aromatic rings. The summed E-state index contributed by atoms with van der Waals surface area (Å²) in [7, 11) is 0. The highest BCUT2D eigenvalue weighted by Gasteiger charge is 2.23. The molecule has 1 saturated carbocycles. The second-order valence-corrected chi connectivity index (χ2v) is 4.18. The summed E-state index contributed by atoms with van der Waals surface area (Å²) in [5.41, 5.74) is 0.0793. The van der Waals surface area contributed by atoms with Crippen molar-refractivity contribution < 1.29 is 13.9 Å². The Balaban J connectivity index is 2.02. The largest absolute Gasteiger partial charge is 0.388 e. The van der Waals surface area contributed by atoms with Crippen molar-refractivity contribution in [2.24, 2.45) is 5.92 Å².